The van der Waals surface area contributed by atoms with Crippen LogP contribution in [0, 0.1) is 5.92 Å². The molecule has 3 nitrogen and oxygen atoms in total. The predicted molar refractivity (Wildman–Crippen MR) is 62.1 cm³/mol. The normalized spacial score (nSPS) is 17.1. The lowest BCUT2D eigenvalue weighted by atomic mass is 10.0. The molecule has 1 fully saturated rings. The lowest BCUT2D eigenvalue weighted by Gasteiger charge is -2.37. The summed E-state index contributed by atoms with van der Waals surface area (Å²) < 4.78 is 24.4. The molecule has 1 aliphatic rings. The van der Waals surface area contributed by atoms with Crippen molar-refractivity contribution in [3.05, 3.63) is 22.4 Å². The van der Waals surface area contributed by atoms with Crippen LogP contribution in [0.15, 0.2) is 17.5 Å². The van der Waals surface area contributed by atoms with E-state index >= 15 is 0 Å². The van der Waals surface area contributed by atoms with Crippen molar-refractivity contribution in [3.8, 4) is 0 Å². The van der Waals surface area contributed by atoms with Crippen molar-refractivity contribution < 1.29 is 13.6 Å². The van der Waals surface area contributed by atoms with Gasteiger partial charge in [-0.3, -0.25) is 9.69 Å². The van der Waals surface area contributed by atoms with Crippen molar-refractivity contribution in [2.45, 2.75) is 13.0 Å². The zero-order valence-corrected chi connectivity index (χ0v) is 10.1. The second-order valence-corrected chi connectivity index (χ2v) is 5.18. The molecule has 2 rings (SSSR count). The predicted octanol–water partition coefficient (Wildman–Crippen LogP) is 1.56. The summed E-state index contributed by atoms with van der Waals surface area (Å²) in [5.74, 6) is -0.661. The molecule has 0 radical (unpaired) electrons. The number of likely N-dealkylation sites (tertiary alicyclic amines) is 1. The summed E-state index contributed by atoms with van der Waals surface area (Å²) in [6.45, 7) is 1.38. The fourth-order valence-corrected chi connectivity index (χ4v) is 2.40. The Morgan fingerprint density at radius 2 is 2.35 bits per heavy atom. The second-order valence-electron chi connectivity index (χ2n) is 4.14. The molecule has 2 heterocycles. The number of nitrogens with one attached hydrogen (secondary N) is 1. The molecular formula is C11H14F2N2OS. The molecule has 0 atom stereocenters. The minimum Gasteiger partial charge on any atom is -0.350 e. The Morgan fingerprint density at radius 1 is 1.59 bits per heavy atom. The van der Waals surface area contributed by atoms with Crippen molar-refractivity contribution in [3.63, 3.8) is 0 Å². The molecule has 0 bridgehead atoms. The number of alkyl halides is 2. The Bertz CT molecular complexity index is 364. The Labute approximate surface area is 102 Å². The third-order valence-electron chi connectivity index (χ3n) is 2.75. The molecule has 1 N–H and O–H groups in total. The highest BCUT2D eigenvalue weighted by atomic mass is 32.1. The lowest BCUT2D eigenvalue weighted by molar-refractivity contribution is -0.125. The molecule has 0 spiro atoms. The van der Waals surface area contributed by atoms with Gasteiger partial charge in [0.2, 0.25) is 12.3 Å². The van der Waals surface area contributed by atoms with Crippen molar-refractivity contribution in [1.82, 2.24) is 10.2 Å². The largest absolute Gasteiger partial charge is 0.350 e. The summed E-state index contributed by atoms with van der Waals surface area (Å²) in [6.07, 6.45) is -2.26. The quantitative estimate of drug-likeness (QED) is 0.871. The molecule has 6 heteroatoms. The van der Waals surface area contributed by atoms with Crippen molar-refractivity contribution >= 4 is 17.2 Å². The number of nitrogens with zero attached hydrogens (tertiary/aromatic N) is 1. The maximum atomic E-state index is 12.2. The molecule has 94 valence electrons. The second kappa shape index (κ2) is 5.55. The van der Waals surface area contributed by atoms with Crippen LogP contribution in [0.25, 0.3) is 0 Å². The van der Waals surface area contributed by atoms with Crippen LogP contribution in [0.2, 0.25) is 0 Å². The van der Waals surface area contributed by atoms with Crippen LogP contribution in [0.5, 0.6) is 0 Å². The number of halogens is 2. The summed E-state index contributed by atoms with van der Waals surface area (Å²) >= 11 is 1.58. The summed E-state index contributed by atoms with van der Waals surface area (Å²) in [5, 5.41) is 4.72. The number of thiophene rings is 1. The smallest absolute Gasteiger partial charge is 0.243 e. The van der Waals surface area contributed by atoms with Crippen molar-refractivity contribution in [1.29, 1.82) is 0 Å². The highest BCUT2D eigenvalue weighted by Gasteiger charge is 2.34. The Hall–Kier alpha value is -1.01. The van der Waals surface area contributed by atoms with Gasteiger partial charge >= 0.3 is 0 Å². The number of carbonyl (C=O) groups excluding carboxylic acids is 1. The molecule has 1 aromatic rings. The number of hydrogen-bond acceptors (Lipinski definition) is 3. The third kappa shape index (κ3) is 3.47. The van der Waals surface area contributed by atoms with Crippen molar-refractivity contribution in [2.75, 3.05) is 19.6 Å². The van der Waals surface area contributed by atoms with E-state index in [1.54, 1.807) is 16.2 Å². The molecule has 0 unspecified atom stereocenters. The molecule has 1 amide bonds. The van der Waals surface area contributed by atoms with E-state index < -0.39 is 12.3 Å². The van der Waals surface area contributed by atoms with Crippen LogP contribution in [0.4, 0.5) is 8.78 Å². The van der Waals surface area contributed by atoms with E-state index in [2.05, 4.69) is 5.32 Å². The van der Waals surface area contributed by atoms with Gasteiger partial charge in [0.15, 0.2) is 0 Å². The van der Waals surface area contributed by atoms with Crippen LogP contribution in [0.3, 0.4) is 0 Å². The molecule has 17 heavy (non-hydrogen) atoms. The van der Waals surface area contributed by atoms with Gasteiger partial charge in [-0.1, -0.05) is 6.07 Å². The number of carbonyl (C=O) groups is 1. The fraction of sp³-hybridized carbons (Fsp3) is 0.545. The van der Waals surface area contributed by atoms with Gasteiger partial charge in [0.05, 0.1) is 13.1 Å². The van der Waals surface area contributed by atoms with Gasteiger partial charge in [0.1, 0.15) is 0 Å². The van der Waals surface area contributed by atoms with E-state index in [0.29, 0.717) is 19.6 Å². The molecule has 1 aliphatic heterocycles. The summed E-state index contributed by atoms with van der Waals surface area (Å²) in [6, 6.07) is 3.87. The van der Waals surface area contributed by atoms with Gasteiger partial charge < -0.3 is 5.32 Å². The first kappa shape index (κ1) is 12.4. The summed E-state index contributed by atoms with van der Waals surface area (Å²) in [7, 11) is 0. The van der Waals surface area contributed by atoms with Gasteiger partial charge in [-0.05, 0) is 11.4 Å². The Kier molecular flexibility index (Phi) is 4.06. The lowest BCUT2D eigenvalue weighted by Crippen LogP contribution is -2.53. The Balaban J connectivity index is 1.62. The molecule has 0 saturated carbocycles. The summed E-state index contributed by atoms with van der Waals surface area (Å²) in [5.41, 5.74) is 0. The zero-order valence-electron chi connectivity index (χ0n) is 9.23. The maximum absolute atomic E-state index is 12.2. The summed E-state index contributed by atoms with van der Waals surface area (Å²) in [4.78, 5) is 14.3. The minimum absolute atomic E-state index is 0.105. The molecular weight excluding hydrogens is 246 g/mol. The van der Waals surface area contributed by atoms with Gasteiger partial charge in [-0.25, -0.2) is 8.78 Å². The first-order chi connectivity index (χ1) is 8.15. The molecule has 1 aromatic heterocycles. The standard InChI is InChI=1S/C11H14F2N2OS/c12-11(13)8-5-15(6-8)7-10(16)14-4-9-2-1-3-17-9/h1-3,8,11H,4-7H2,(H,14,16). The van der Waals surface area contributed by atoms with E-state index in [-0.39, 0.29) is 12.5 Å². The molecule has 1 saturated heterocycles. The van der Waals surface area contributed by atoms with E-state index in [4.69, 9.17) is 0 Å². The topological polar surface area (TPSA) is 32.3 Å². The van der Waals surface area contributed by atoms with Crippen LogP contribution >= 0.6 is 11.3 Å². The van der Waals surface area contributed by atoms with E-state index in [1.807, 2.05) is 17.5 Å². The number of rotatable bonds is 5. The average Bonchev–Trinajstić information content (AvgIpc) is 2.72. The molecule has 0 aromatic carbocycles. The third-order valence-corrected chi connectivity index (χ3v) is 3.63. The maximum Gasteiger partial charge on any atom is 0.243 e. The Morgan fingerprint density at radius 3 is 2.94 bits per heavy atom. The van der Waals surface area contributed by atoms with Crippen LogP contribution in [-0.4, -0.2) is 36.9 Å². The van der Waals surface area contributed by atoms with Crippen LogP contribution in [0.1, 0.15) is 4.88 Å². The fourth-order valence-electron chi connectivity index (χ4n) is 1.76. The monoisotopic (exact) mass is 260 g/mol. The van der Waals surface area contributed by atoms with Gasteiger partial charge in [0.25, 0.3) is 0 Å². The van der Waals surface area contributed by atoms with Crippen LogP contribution < -0.4 is 5.32 Å². The highest BCUT2D eigenvalue weighted by Crippen LogP contribution is 2.21. The zero-order chi connectivity index (χ0) is 12.3. The SMILES string of the molecule is O=C(CN1CC(C(F)F)C1)NCc1cccs1. The first-order valence-electron chi connectivity index (χ1n) is 5.44. The van der Waals surface area contributed by atoms with Crippen molar-refractivity contribution in [2.24, 2.45) is 5.92 Å². The molecule has 0 aliphatic carbocycles. The number of amides is 1. The number of hydrogen-bond donors (Lipinski definition) is 1. The van der Waals surface area contributed by atoms with E-state index in [0.717, 1.165) is 4.88 Å². The van der Waals surface area contributed by atoms with Crippen LogP contribution in [-0.2, 0) is 11.3 Å². The highest BCUT2D eigenvalue weighted by molar-refractivity contribution is 7.09. The minimum atomic E-state index is -2.26. The van der Waals surface area contributed by atoms with E-state index in [9.17, 15) is 13.6 Å². The van der Waals surface area contributed by atoms with E-state index in [1.165, 1.54) is 0 Å². The van der Waals surface area contributed by atoms with Gasteiger partial charge in [0, 0.05) is 23.9 Å². The van der Waals surface area contributed by atoms with Gasteiger partial charge in [-0.2, -0.15) is 0 Å². The average molecular weight is 260 g/mol. The first-order valence-corrected chi connectivity index (χ1v) is 6.32. The van der Waals surface area contributed by atoms with Gasteiger partial charge in [-0.15, -0.1) is 11.3 Å².